The minimum absolute atomic E-state index is 0.102. The van der Waals surface area contributed by atoms with Crippen LogP contribution in [0.3, 0.4) is 0 Å². The summed E-state index contributed by atoms with van der Waals surface area (Å²) in [6, 6.07) is 4.87. The third-order valence-electron chi connectivity index (χ3n) is 3.67. The monoisotopic (exact) mass is 311 g/mol. The molecule has 1 heterocycles. The van der Waals surface area contributed by atoms with E-state index in [0.717, 1.165) is 6.42 Å². The van der Waals surface area contributed by atoms with E-state index in [4.69, 9.17) is 9.84 Å². The highest BCUT2D eigenvalue weighted by atomic mass is 32.2. The second-order valence-electron chi connectivity index (χ2n) is 5.11. The van der Waals surface area contributed by atoms with Crippen molar-refractivity contribution in [3.8, 4) is 5.75 Å². The number of hydrogen-bond acceptors (Lipinski definition) is 4. The van der Waals surface area contributed by atoms with E-state index in [-0.39, 0.29) is 17.9 Å². The maximum absolute atomic E-state index is 12.8. The van der Waals surface area contributed by atoms with Crippen LogP contribution in [0.25, 0.3) is 0 Å². The summed E-state index contributed by atoms with van der Waals surface area (Å²) in [5.74, 6) is 0.590. The summed E-state index contributed by atoms with van der Waals surface area (Å²) in [6.45, 7) is 2.80. The average Bonchev–Trinajstić information content (AvgIpc) is 2.47. The molecule has 0 saturated heterocycles. The van der Waals surface area contributed by atoms with Gasteiger partial charge >= 0.3 is 0 Å². The SMILES string of the molecule is COc1ccc(S(=O)(=O)N2CC=C(C)CC2)c(CCO)c1. The normalized spacial score (nSPS) is 16.6. The van der Waals surface area contributed by atoms with Gasteiger partial charge in [-0.25, -0.2) is 8.42 Å². The Morgan fingerprint density at radius 3 is 2.71 bits per heavy atom. The van der Waals surface area contributed by atoms with Gasteiger partial charge in [-0.3, -0.25) is 0 Å². The van der Waals surface area contributed by atoms with Crippen LogP contribution in [-0.4, -0.2) is 44.6 Å². The van der Waals surface area contributed by atoms with Crippen LogP contribution in [0.2, 0.25) is 0 Å². The van der Waals surface area contributed by atoms with Gasteiger partial charge in [0, 0.05) is 19.7 Å². The van der Waals surface area contributed by atoms with Crippen LogP contribution >= 0.6 is 0 Å². The molecule has 0 bridgehead atoms. The van der Waals surface area contributed by atoms with Gasteiger partial charge in [-0.15, -0.1) is 0 Å². The standard InChI is InChI=1S/C15H21NO4S/c1-12-5-8-16(9-6-12)21(18,19)15-4-3-14(20-2)11-13(15)7-10-17/h3-5,11,17H,6-10H2,1-2H3. The van der Waals surface area contributed by atoms with Crippen molar-refractivity contribution < 1.29 is 18.3 Å². The molecule has 0 aliphatic carbocycles. The lowest BCUT2D eigenvalue weighted by Gasteiger charge is -2.26. The summed E-state index contributed by atoms with van der Waals surface area (Å²) in [5.41, 5.74) is 1.80. The Labute approximate surface area is 125 Å². The van der Waals surface area contributed by atoms with Crippen molar-refractivity contribution in [1.82, 2.24) is 4.31 Å². The average molecular weight is 311 g/mol. The topological polar surface area (TPSA) is 66.8 Å². The first kappa shape index (κ1) is 16.0. The number of aliphatic hydroxyl groups is 1. The lowest BCUT2D eigenvalue weighted by atomic mass is 10.1. The summed E-state index contributed by atoms with van der Waals surface area (Å²) in [7, 11) is -2.01. The van der Waals surface area contributed by atoms with Gasteiger partial charge < -0.3 is 9.84 Å². The molecule has 1 aromatic rings. The molecule has 1 aliphatic rings. The summed E-state index contributed by atoms with van der Waals surface area (Å²) in [4.78, 5) is 0.255. The number of sulfonamides is 1. The first-order valence-electron chi connectivity index (χ1n) is 6.92. The predicted molar refractivity (Wildman–Crippen MR) is 80.9 cm³/mol. The molecule has 0 radical (unpaired) electrons. The maximum atomic E-state index is 12.8. The zero-order valence-electron chi connectivity index (χ0n) is 12.4. The number of ether oxygens (including phenoxy) is 1. The Morgan fingerprint density at radius 2 is 2.14 bits per heavy atom. The highest BCUT2D eigenvalue weighted by Crippen LogP contribution is 2.26. The number of nitrogens with zero attached hydrogens (tertiary/aromatic N) is 1. The minimum atomic E-state index is -3.54. The van der Waals surface area contributed by atoms with Crippen LogP contribution in [-0.2, 0) is 16.4 Å². The molecule has 0 aromatic heterocycles. The number of methoxy groups -OCH3 is 1. The molecule has 0 atom stereocenters. The van der Waals surface area contributed by atoms with Crippen molar-refractivity contribution in [2.45, 2.75) is 24.7 Å². The van der Waals surface area contributed by atoms with Gasteiger partial charge in [-0.2, -0.15) is 4.31 Å². The fourth-order valence-electron chi connectivity index (χ4n) is 2.36. The van der Waals surface area contributed by atoms with Gasteiger partial charge in [-0.1, -0.05) is 11.6 Å². The lowest BCUT2D eigenvalue weighted by molar-refractivity contribution is 0.298. The van der Waals surface area contributed by atoms with Crippen LogP contribution in [0.5, 0.6) is 5.75 Å². The third kappa shape index (κ3) is 3.45. The number of hydrogen-bond donors (Lipinski definition) is 1. The van der Waals surface area contributed by atoms with Crippen molar-refractivity contribution in [2.75, 3.05) is 26.8 Å². The molecule has 0 spiro atoms. The molecule has 116 valence electrons. The van der Waals surface area contributed by atoms with Crippen molar-refractivity contribution in [2.24, 2.45) is 0 Å². The zero-order chi connectivity index (χ0) is 15.5. The Kier molecular flexibility index (Phi) is 5.03. The van der Waals surface area contributed by atoms with E-state index in [1.165, 1.54) is 17.0 Å². The van der Waals surface area contributed by atoms with Crippen molar-refractivity contribution in [3.63, 3.8) is 0 Å². The Bertz CT molecular complexity index is 637. The predicted octanol–water partition coefficient (Wildman–Crippen LogP) is 1.57. The molecular weight excluding hydrogens is 290 g/mol. The van der Waals surface area contributed by atoms with Gasteiger partial charge in [0.2, 0.25) is 10.0 Å². The zero-order valence-corrected chi connectivity index (χ0v) is 13.2. The Hall–Kier alpha value is -1.37. The van der Waals surface area contributed by atoms with Gasteiger partial charge in [-0.05, 0) is 43.5 Å². The molecule has 1 N–H and O–H groups in total. The number of aliphatic hydroxyl groups excluding tert-OH is 1. The molecule has 6 heteroatoms. The maximum Gasteiger partial charge on any atom is 0.243 e. The molecule has 5 nitrogen and oxygen atoms in total. The highest BCUT2D eigenvalue weighted by molar-refractivity contribution is 7.89. The van der Waals surface area contributed by atoms with Crippen LogP contribution < -0.4 is 4.74 Å². The van der Waals surface area contributed by atoms with Gasteiger partial charge in [0.1, 0.15) is 5.75 Å². The minimum Gasteiger partial charge on any atom is -0.497 e. The lowest BCUT2D eigenvalue weighted by Crippen LogP contribution is -2.35. The smallest absolute Gasteiger partial charge is 0.243 e. The third-order valence-corrected chi connectivity index (χ3v) is 5.63. The van der Waals surface area contributed by atoms with E-state index in [2.05, 4.69) is 0 Å². The number of benzene rings is 1. The molecule has 0 saturated carbocycles. The molecular formula is C15H21NO4S. The fraction of sp³-hybridized carbons (Fsp3) is 0.467. The molecule has 21 heavy (non-hydrogen) atoms. The Balaban J connectivity index is 2.39. The van der Waals surface area contributed by atoms with Crippen molar-refractivity contribution in [1.29, 1.82) is 0 Å². The Morgan fingerprint density at radius 1 is 1.38 bits per heavy atom. The first-order chi connectivity index (χ1) is 9.98. The fourth-order valence-corrected chi connectivity index (χ4v) is 3.97. The van der Waals surface area contributed by atoms with E-state index in [1.807, 2.05) is 13.0 Å². The van der Waals surface area contributed by atoms with Crippen LogP contribution in [0.4, 0.5) is 0 Å². The molecule has 0 fully saturated rings. The van der Waals surface area contributed by atoms with E-state index in [9.17, 15) is 8.42 Å². The van der Waals surface area contributed by atoms with Crippen LogP contribution in [0.1, 0.15) is 18.9 Å². The summed E-state index contributed by atoms with van der Waals surface area (Å²) in [6.07, 6.45) is 2.98. The molecule has 2 rings (SSSR count). The van der Waals surface area contributed by atoms with E-state index >= 15 is 0 Å². The summed E-state index contributed by atoms with van der Waals surface area (Å²) >= 11 is 0. The largest absolute Gasteiger partial charge is 0.497 e. The molecule has 0 unspecified atom stereocenters. The molecule has 0 amide bonds. The molecule has 1 aliphatic heterocycles. The van der Waals surface area contributed by atoms with Crippen molar-refractivity contribution in [3.05, 3.63) is 35.4 Å². The van der Waals surface area contributed by atoms with Crippen LogP contribution in [0, 0.1) is 0 Å². The first-order valence-corrected chi connectivity index (χ1v) is 8.36. The molecule has 1 aromatic carbocycles. The van der Waals surface area contributed by atoms with E-state index < -0.39 is 10.0 Å². The van der Waals surface area contributed by atoms with Gasteiger partial charge in [0.25, 0.3) is 0 Å². The summed E-state index contributed by atoms with van der Waals surface area (Å²) in [5, 5.41) is 9.16. The van der Waals surface area contributed by atoms with E-state index in [1.54, 1.807) is 18.2 Å². The highest BCUT2D eigenvalue weighted by Gasteiger charge is 2.27. The summed E-state index contributed by atoms with van der Waals surface area (Å²) < 4.78 is 32.1. The quantitative estimate of drug-likeness (QED) is 0.838. The van der Waals surface area contributed by atoms with E-state index in [0.29, 0.717) is 24.4 Å². The number of rotatable bonds is 5. The second-order valence-corrected chi connectivity index (χ2v) is 7.02. The van der Waals surface area contributed by atoms with Crippen LogP contribution in [0.15, 0.2) is 34.7 Å². The van der Waals surface area contributed by atoms with Crippen molar-refractivity contribution >= 4 is 10.0 Å². The second kappa shape index (κ2) is 6.60. The van der Waals surface area contributed by atoms with Gasteiger partial charge in [0.05, 0.1) is 12.0 Å². The van der Waals surface area contributed by atoms with Gasteiger partial charge in [0.15, 0.2) is 0 Å².